The zero-order valence-corrected chi connectivity index (χ0v) is 53.2. The summed E-state index contributed by atoms with van der Waals surface area (Å²) in [7, 11) is 0. The maximum absolute atomic E-state index is 13.4. The highest BCUT2D eigenvalue weighted by Crippen LogP contribution is 2.37. The number of benzene rings is 6. The molecule has 96 heavy (non-hydrogen) atoms. The second-order valence-electron chi connectivity index (χ2n) is 21.6. The second kappa shape index (κ2) is 34.0. The van der Waals surface area contributed by atoms with Crippen molar-refractivity contribution in [2.45, 2.75) is 89.9 Å². The van der Waals surface area contributed by atoms with Crippen LogP contribution in [0.2, 0.25) is 0 Å². The molecule has 2 saturated carbocycles. The summed E-state index contributed by atoms with van der Waals surface area (Å²) in [6.07, 6.45) is -5.63. The van der Waals surface area contributed by atoms with Crippen molar-refractivity contribution in [3.05, 3.63) is 189 Å². The molecule has 2 aliphatic rings. The molecule has 0 radical (unpaired) electrons. The van der Waals surface area contributed by atoms with Crippen LogP contribution in [0.15, 0.2) is 146 Å². The molecule has 2 aromatic heterocycles. The summed E-state index contributed by atoms with van der Waals surface area (Å²) >= 11 is 2.49. The molecule has 6 amide bonds. The molecular formula is C66H66F6N12O10S2. The maximum atomic E-state index is 13.4. The van der Waals surface area contributed by atoms with Gasteiger partial charge in [0.05, 0.1) is 37.3 Å². The predicted octanol–water partition coefficient (Wildman–Crippen LogP) is 7.11. The second-order valence-corrected chi connectivity index (χ2v) is 23.6. The summed E-state index contributed by atoms with van der Waals surface area (Å²) in [5, 5.41) is 43.0. The number of aliphatic carboxylic acids is 2. The summed E-state index contributed by atoms with van der Waals surface area (Å²) in [5.41, 5.74) is 17.8. The third-order valence-corrected chi connectivity index (χ3v) is 15.7. The van der Waals surface area contributed by atoms with Gasteiger partial charge in [0.15, 0.2) is 10.3 Å². The number of nitrogens with zero attached hydrogens (tertiary/aromatic N) is 2. The van der Waals surface area contributed by atoms with Crippen LogP contribution in [0.1, 0.15) is 101 Å². The van der Waals surface area contributed by atoms with Gasteiger partial charge in [-0.05, 0) is 110 Å². The van der Waals surface area contributed by atoms with Crippen LogP contribution < -0.4 is 64.2 Å². The highest BCUT2D eigenvalue weighted by atomic mass is 32.1. The molecule has 0 atom stereocenters. The van der Waals surface area contributed by atoms with Crippen LogP contribution >= 0.6 is 22.7 Å². The minimum Gasteiger partial charge on any atom is -0.542 e. The van der Waals surface area contributed by atoms with E-state index in [0.717, 1.165) is 70.4 Å². The topological polar surface area (TPSA) is 360 Å². The molecule has 2 heterocycles. The molecule has 2 aliphatic carbocycles. The Bertz CT molecular complexity index is 3780. The van der Waals surface area contributed by atoms with E-state index in [2.05, 4.69) is 54.0 Å². The average Bonchev–Trinajstić information content (AvgIpc) is 1.66. The number of quaternary nitrogens is 2. The van der Waals surface area contributed by atoms with Crippen LogP contribution in [0, 0.1) is 13.8 Å². The van der Waals surface area contributed by atoms with Crippen molar-refractivity contribution >= 4 is 103 Å². The van der Waals surface area contributed by atoms with Crippen LogP contribution in [0.3, 0.4) is 0 Å². The number of carboxylic acid groups (broad SMARTS) is 2. The lowest BCUT2D eigenvalue weighted by atomic mass is 10.1. The van der Waals surface area contributed by atoms with Crippen molar-refractivity contribution in [3.63, 3.8) is 0 Å². The Morgan fingerprint density at radius 1 is 0.490 bits per heavy atom. The van der Waals surface area contributed by atoms with Crippen LogP contribution in [0.5, 0.6) is 0 Å². The Kier molecular flexibility index (Phi) is 25.8. The number of amides is 6. The van der Waals surface area contributed by atoms with E-state index in [1.807, 2.05) is 135 Å². The van der Waals surface area contributed by atoms with E-state index in [-0.39, 0.29) is 47.5 Å². The number of thiazole rings is 2. The maximum Gasteiger partial charge on any atom is 0.430 e. The predicted molar refractivity (Wildman–Crippen MR) is 344 cm³/mol. The molecule has 0 aliphatic heterocycles. The molecular weight excluding hydrogens is 1300 g/mol. The number of carbonyl (C=O) groups excluding carboxylic acids is 8. The standard InChI is InChI=1S/2C31H32N6O3S.2C2HF3O2/c2*1-19-7-8-22(29(39)35-24-13-14-24)17-25(19)36-31-37-27(21-9-11-23(12-10-21)34-26(38)15-16-32)28(41-31)30(40)33-18-20-5-3-2-4-6-20;2*3-2(4,5)1(6)7/h2*2-12,17,24H,13-16,18,32H2,1H3,(H,33,40)(H,34,38)(H,35,39)(H,36,37);2*(H,6,7). The van der Waals surface area contributed by atoms with Gasteiger partial charge in [0.25, 0.3) is 23.6 Å². The lowest BCUT2D eigenvalue weighted by Crippen LogP contribution is -2.51. The molecule has 504 valence electrons. The average molecular weight is 1370 g/mol. The fourth-order valence-electron chi connectivity index (χ4n) is 8.37. The number of carboxylic acids is 2. The van der Waals surface area contributed by atoms with E-state index < -0.39 is 24.3 Å². The number of hydrogen-bond donors (Lipinski definition) is 10. The van der Waals surface area contributed by atoms with E-state index in [1.165, 1.54) is 22.7 Å². The van der Waals surface area contributed by atoms with E-state index in [4.69, 9.17) is 29.8 Å². The zero-order valence-electron chi connectivity index (χ0n) is 51.6. The van der Waals surface area contributed by atoms with Crippen molar-refractivity contribution in [2.24, 2.45) is 0 Å². The number of anilines is 6. The molecule has 0 spiro atoms. The van der Waals surface area contributed by atoms with Crippen LogP contribution in [0.25, 0.3) is 22.5 Å². The van der Waals surface area contributed by atoms with Gasteiger partial charge in [-0.1, -0.05) is 120 Å². The van der Waals surface area contributed by atoms with Gasteiger partial charge < -0.3 is 73.8 Å². The lowest BCUT2D eigenvalue weighted by molar-refractivity contribution is -0.366. The number of hydrogen-bond acceptors (Lipinski definition) is 16. The number of nitrogens with one attached hydrogen (secondary N) is 8. The number of halogens is 6. The summed E-state index contributed by atoms with van der Waals surface area (Å²) in [6, 6.07) is 45.5. The smallest absolute Gasteiger partial charge is 0.430 e. The molecule has 30 heteroatoms. The molecule has 10 rings (SSSR count). The Hall–Kier alpha value is -10.6. The Morgan fingerprint density at radius 3 is 1.12 bits per heavy atom. The van der Waals surface area contributed by atoms with Gasteiger partial charge >= 0.3 is 12.4 Å². The van der Waals surface area contributed by atoms with Crippen molar-refractivity contribution in [3.8, 4) is 22.5 Å². The molecule has 0 bridgehead atoms. The minimum absolute atomic E-state index is 0.0984. The van der Waals surface area contributed by atoms with Crippen molar-refractivity contribution in [1.29, 1.82) is 0 Å². The van der Waals surface area contributed by atoms with Crippen LogP contribution in [0.4, 0.5) is 59.4 Å². The summed E-state index contributed by atoms with van der Waals surface area (Å²) in [6.45, 7) is 5.71. The van der Waals surface area contributed by atoms with Crippen molar-refractivity contribution in [2.75, 3.05) is 34.4 Å². The lowest BCUT2D eigenvalue weighted by Gasteiger charge is -2.10. The number of aromatic nitrogens is 2. The van der Waals surface area contributed by atoms with Gasteiger partial charge in [-0.15, -0.1) is 0 Å². The normalized spacial score (nSPS) is 12.3. The molecule has 2 fully saturated rings. The third-order valence-electron chi connectivity index (χ3n) is 13.7. The molecule has 0 unspecified atom stereocenters. The van der Waals surface area contributed by atoms with E-state index in [1.54, 1.807) is 24.3 Å². The first-order valence-electron chi connectivity index (χ1n) is 29.7. The van der Waals surface area contributed by atoms with Gasteiger partial charge in [0.2, 0.25) is 11.8 Å². The van der Waals surface area contributed by atoms with E-state index in [0.29, 0.717) is 92.9 Å². The van der Waals surface area contributed by atoms with Crippen LogP contribution in [-0.2, 0) is 32.3 Å². The molecule has 0 saturated heterocycles. The first kappa shape index (κ1) is 72.9. The zero-order chi connectivity index (χ0) is 69.7. The van der Waals surface area contributed by atoms with Gasteiger partial charge in [-0.3, -0.25) is 28.8 Å². The first-order valence-corrected chi connectivity index (χ1v) is 31.3. The fraction of sp³-hybridized carbons (Fsp3) is 0.242. The Balaban J connectivity index is 0.000000226. The van der Waals surface area contributed by atoms with Gasteiger partial charge in [0, 0.05) is 70.2 Å². The number of rotatable bonds is 22. The summed E-state index contributed by atoms with van der Waals surface area (Å²) in [5.74, 6) is -6.89. The van der Waals surface area contributed by atoms with Crippen LogP contribution in [-0.4, -0.2) is 94.9 Å². The van der Waals surface area contributed by atoms with Gasteiger partial charge in [-0.25, -0.2) is 9.97 Å². The first-order chi connectivity index (χ1) is 45.7. The number of aryl methyl sites for hydroxylation is 2. The minimum atomic E-state index is -5.19. The third kappa shape index (κ3) is 22.9. The Labute approximate surface area is 553 Å². The van der Waals surface area contributed by atoms with Crippen molar-refractivity contribution < 1.29 is 86.4 Å². The molecule has 14 N–H and O–H groups in total. The van der Waals surface area contributed by atoms with Gasteiger partial charge in [0.1, 0.15) is 21.7 Å². The van der Waals surface area contributed by atoms with Crippen molar-refractivity contribution in [1.82, 2.24) is 31.2 Å². The SMILES string of the molecule is Cc1ccc(C(=O)NC2CC2)cc1Nc1nc(-c2ccc(NC(=O)CC[NH3+])cc2)c(C(=O)NCc2ccccc2)s1.Cc1ccc(C(=O)NC2CC2)cc1Nc1nc(-c2ccc(NC(=O)CC[NH3+])cc2)c(C(=O)NCc2ccccc2)s1.O=C([O-])C(F)(F)F.O=C([O-])C(F)(F)F. The molecule has 6 aromatic carbocycles. The van der Waals surface area contributed by atoms with Gasteiger partial charge in [-0.2, -0.15) is 26.3 Å². The quantitative estimate of drug-likeness (QED) is 0.0303. The monoisotopic (exact) mass is 1360 g/mol. The molecule has 8 aromatic rings. The van der Waals surface area contributed by atoms with E-state index >= 15 is 0 Å². The largest absolute Gasteiger partial charge is 0.542 e. The highest BCUT2D eigenvalue weighted by molar-refractivity contribution is 7.18. The number of carbonyl (C=O) groups is 8. The highest BCUT2D eigenvalue weighted by Gasteiger charge is 2.30. The fourth-order valence-corrected chi connectivity index (χ4v) is 10.2. The summed E-state index contributed by atoms with van der Waals surface area (Å²) < 4.78 is 63.1. The summed E-state index contributed by atoms with van der Waals surface area (Å²) in [4.78, 5) is 104. The van der Waals surface area contributed by atoms with E-state index in [9.17, 15) is 55.1 Å². The molecule has 22 nitrogen and oxygen atoms in total. The number of alkyl halides is 6. The Morgan fingerprint density at radius 2 is 0.823 bits per heavy atom.